The lowest BCUT2D eigenvalue weighted by atomic mass is 9.85. The number of benzene rings is 1. The Kier molecular flexibility index (Phi) is 6.34. The molecule has 28 heavy (non-hydrogen) atoms. The smallest absolute Gasteiger partial charge is 0.224 e. The Hall–Kier alpha value is -1.60. The zero-order valence-corrected chi connectivity index (χ0v) is 18.2. The van der Waals surface area contributed by atoms with Crippen LogP contribution in [0.25, 0.3) is 0 Å². The fourth-order valence-electron chi connectivity index (χ4n) is 4.50. The van der Waals surface area contributed by atoms with Crippen LogP contribution in [0.3, 0.4) is 0 Å². The first-order valence-corrected chi connectivity index (χ1v) is 12.1. The van der Waals surface area contributed by atoms with Crippen molar-refractivity contribution < 1.29 is 17.9 Å². The van der Waals surface area contributed by atoms with Crippen LogP contribution >= 0.6 is 0 Å². The molecule has 1 amide bonds. The molecule has 7 heteroatoms. The molecule has 3 rings (SSSR count). The van der Waals surface area contributed by atoms with Crippen molar-refractivity contribution >= 4 is 21.6 Å². The number of nitrogens with zero attached hydrogens (tertiary/aromatic N) is 2. The van der Waals surface area contributed by atoms with Crippen molar-refractivity contribution in [1.82, 2.24) is 4.31 Å². The number of ether oxygens (including phenoxy) is 1. The number of rotatable bonds is 5. The van der Waals surface area contributed by atoms with Crippen LogP contribution in [0.5, 0.6) is 5.75 Å². The van der Waals surface area contributed by atoms with Gasteiger partial charge in [0.25, 0.3) is 0 Å². The van der Waals surface area contributed by atoms with E-state index in [0.29, 0.717) is 19.7 Å². The van der Waals surface area contributed by atoms with Gasteiger partial charge in [-0.3, -0.25) is 4.79 Å². The molecule has 0 bridgehead atoms. The summed E-state index contributed by atoms with van der Waals surface area (Å²) in [5.74, 6) is 1.26. The normalized spacial score (nSPS) is 21.4. The maximum Gasteiger partial charge on any atom is 0.224 e. The zero-order valence-electron chi connectivity index (χ0n) is 17.4. The van der Waals surface area contributed by atoms with Gasteiger partial charge in [0.05, 0.1) is 18.6 Å². The molecule has 1 atom stereocenters. The number of piperidine rings is 1. The number of carbonyl (C=O) groups excluding carboxylic acids is 1. The van der Waals surface area contributed by atoms with Crippen LogP contribution in [0.1, 0.15) is 63.5 Å². The van der Waals surface area contributed by atoms with E-state index in [9.17, 15) is 13.2 Å². The Balaban J connectivity index is 1.95. The predicted molar refractivity (Wildman–Crippen MR) is 112 cm³/mol. The molecule has 1 saturated heterocycles. The lowest BCUT2D eigenvalue weighted by Crippen LogP contribution is -2.41. The highest BCUT2D eigenvalue weighted by atomic mass is 32.2. The number of carbonyl (C=O) groups is 1. The topological polar surface area (TPSA) is 66.9 Å². The third-order valence-electron chi connectivity index (χ3n) is 5.93. The Bertz CT molecular complexity index is 829. The number of anilines is 1. The summed E-state index contributed by atoms with van der Waals surface area (Å²) in [7, 11) is -3.14. The van der Waals surface area contributed by atoms with E-state index < -0.39 is 10.0 Å². The van der Waals surface area contributed by atoms with Crippen molar-refractivity contribution in [3.8, 4) is 5.75 Å². The van der Waals surface area contributed by atoms with E-state index in [0.717, 1.165) is 49.1 Å². The summed E-state index contributed by atoms with van der Waals surface area (Å²) in [6, 6.07) is 4.34. The van der Waals surface area contributed by atoms with Crippen molar-refractivity contribution in [2.45, 2.75) is 64.8 Å². The molecular weight excluding hydrogens is 376 g/mol. The van der Waals surface area contributed by atoms with Gasteiger partial charge in [-0.1, -0.05) is 13.0 Å². The quantitative estimate of drug-likeness (QED) is 0.750. The molecule has 1 aromatic rings. The van der Waals surface area contributed by atoms with E-state index in [2.05, 4.69) is 26.0 Å². The van der Waals surface area contributed by atoms with E-state index in [4.69, 9.17) is 4.74 Å². The van der Waals surface area contributed by atoms with Crippen LogP contribution in [-0.4, -0.2) is 50.6 Å². The molecule has 1 fully saturated rings. The van der Waals surface area contributed by atoms with Crippen molar-refractivity contribution in [1.29, 1.82) is 0 Å². The second-order valence-corrected chi connectivity index (χ2v) is 10.0. The highest BCUT2D eigenvalue weighted by Crippen LogP contribution is 2.44. The van der Waals surface area contributed by atoms with Gasteiger partial charge in [-0.2, -0.15) is 0 Å². The molecule has 0 spiro atoms. The van der Waals surface area contributed by atoms with E-state index in [1.54, 1.807) is 11.2 Å². The zero-order chi connectivity index (χ0) is 20.5. The van der Waals surface area contributed by atoms with Crippen LogP contribution in [0.4, 0.5) is 5.69 Å². The Labute approximate surface area is 168 Å². The lowest BCUT2D eigenvalue weighted by Gasteiger charge is -2.37. The summed E-state index contributed by atoms with van der Waals surface area (Å²) in [4.78, 5) is 14.1. The van der Waals surface area contributed by atoms with Crippen molar-refractivity contribution in [3.63, 3.8) is 0 Å². The molecule has 0 aromatic heterocycles. The van der Waals surface area contributed by atoms with Crippen molar-refractivity contribution in [2.24, 2.45) is 0 Å². The standard InChI is InChI=1S/C21H32N2O4S/c1-5-14-27-21-18(17-10-12-22(13-11-17)28(4,25)26)8-9-20-19(21)7-6-15(2)23(20)16(3)24/h8-9,15,17H,5-7,10-14H2,1-4H3. The van der Waals surface area contributed by atoms with Crippen LogP contribution in [0.2, 0.25) is 0 Å². The molecule has 2 heterocycles. The minimum absolute atomic E-state index is 0.0594. The van der Waals surface area contributed by atoms with Gasteiger partial charge in [0.15, 0.2) is 0 Å². The van der Waals surface area contributed by atoms with Gasteiger partial charge in [-0.05, 0) is 56.6 Å². The third kappa shape index (κ3) is 4.20. The van der Waals surface area contributed by atoms with Crippen molar-refractivity contribution in [2.75, 3.05) is 30.9 Å². The van der Waals surface area contributed by atoms with Crippen LogP contribution in [0.15, 0.2) is 12.1 Å². The molecule has 1 unspecified atom stereocenters. The number of hydrogen-bond donors (Lipinski definition) is 0. The number of sulfonamides is 1. The molecular formula is C21H32N2O4S. The van der Waals surface area contributed by atoms with E-state index in [1.807, 2.05) is 4.90 Å². The van der Waals surface area contributed by atoms with E-state index in [-0.39, 0.29) is 17.9 Å². The summed E-state index contributed by atoms with van der Waals surface area (Å²) >= 11 is 0. The number of hydrogen-bond acceptors (Lipinski definition) is 4. The molecule has 0 N–H and O–H groups in total. The van der Waals surface area contributed by atoms with Crippen molar-refractivity contribution in [3.05, 3.63) is 23.3 Å². The molecule has 2 aliphatic heterocycles. The first-order chi connectivity index (χ1) is 13.2. The maximum atomic E-state index is 12.2. The maximum absolute atomic E-state index is 12.2. The molecule has 0 aliphatic carbocycles. The minimum Gasteiger partial charge on any atom is -0.493 e. The molecule has 0 radical (unpaired) electrons. The lowest BCUT2D eigenvalue weighted by molar-refractivity contribution is -0.117. The van der Waals surface area contributed by atoms with Gasteiger partial charge >= 0.3 is 0 Å². The summed E-state index contributed by atoms with van der Waals surface area (Å²) in [6.45, 7) is 7.53. The van der Waals surface area contributed by atoms with Crippen LogP contribution in [-0.2, 0) is 21.2 Å². The molecule has 2 aliphatic rings. The van der Waals surface area contributed by atoms with E-state index >= 15 is 0 Å². The Morgan fingerprint density at radius 1 is 1.21 bits per heavy atom. The average molecular weight is 409 g/mol. The molecule has 6 nitrogen and oxygen atoms in total. The summed E-state index contributed by atoms with van der Waals surface area (Å²) in [5.41, 5.74) is 3.26. The van der Waals surface area contributed by atoms with Gasteiger partial charge in [-0.15, -0.1) is 0 Å². The average Bonchev–Trinajstić information content (AvgIpc) is 2.64. The van der Waals surface area contributed by atoms with E-state index in [1.165, 1.54) is 11.8 Å². The highest BCUT2D eigenvalue weighted by molar-refractivity contribution is 7.88. The largest absolute Gasteiger partial charge is 0.493 e. The van der Waals surface area contributed by atoms with Gasteiger partial charge in [0.1, 0.15) is 5.75 Å². The highest BCUT2D eigenvalue weighted by Gasteiger charge is 2.33. The summed E-state index contributed by atoms with van der Waals surface area (Å²) in [5, 5.41) is 0. The second-order valence-electron chi connectivity index (χ2n) is 8.04. The SMILES string of the molecule is CCCOc1c(C2CCN(S(C)(=O)=O)CC2)ccc2c1CCC(C)N2C(C)=O. The summed E-state index contributed by atoms with van der Waals surface area (Å²) < 4.78 is 31.4. The molecule has 156 valence electrons. The van der Waals surface area contributed by atoms with Gasteiger partial charge in [0, 0.05) is 31.6 Å². The third-order valence-corrected chi connectivity index (χ3v) is 7.23. The number of fused-ring (bicyclic) bond motifs is 1. The first-order valence-electron chi connectivity index (χ1n) is 10.3. The Morgan fingerprint density at radius 3 is 2.46 bits per heavy atom. The van der Waals surface area contributed by atoms with Crippen LogP contribution in [0, 0.1) is 0 Å². The molecule has 1 aromatic carbocycles. The predicted octanol–water partition coefficient (Wildman–Crippen LogP) is 3.30. The monoisotopic (exact) mass is 408 g/mol. The fourth-order valence-corrected chi connectivity index (χ4v) is 5.37. The molecule has 0 saturated carbocycles. The van der Waals surface area contributed by atoms with Gasteiger partial charge in [-0.25, -0.2) is 12.7 Å². The van der Waals surface area contributed by atoms with Gasteiger partial charge in [0.2, 0.25) is 15.9 Å². The van der Waals surface area contributed by atoms with Gasteiger partial charge < -0.3 is 9.64 Å². The second kappa shape index (κ2) is 8.41. The number of amides is 1. The minimum atomic E-state index is -3.14. The fraction of sp³-hybridized carbons (Fsp3) is 0.667. The summed E-state index contributed by atoms with van der Waals surface area (Å²) in [6.07, 6.45) is 5.60. The first kappa shape index (κ1) is 21.1. The van der Waals surface area contributed by atoms with Crippen LogP contribution < -0.4 is 9.64 Å². The Morgan fingerprint density at radius 2 is 1.89 bits per heavy atom.